The molecular formula is C11H23NOP2+2. The Balaban J connectivity index is 3.08. The van der Waals surface area contributed by atoms with Crippen LogP contribution in [0.25, 0.3) is 0 Å². The summed E-state index contributed by atoms with van der Waals surface area (Å²) < 4.78 is 5.91. The molecule has 3 unspecified atom stereocenters. The molecule has 0 aromatic heterocycles. The molecule has 1 rings (SSSR count). The molecule has 0 N–H and O–H groups in total. The van der Waals surface area contributed by atoms with Crippen LogP contribution in [0.3, 0.4) is 0 Å². The normalized spacial score (nSPS) is 28.7. The Kier molecular flexibility index (Phi) is 4.50. The van der Waals surface area contributed by atoms with Gasteiger partial charge in [-0.3, -0.25) is 4.90 Å². The van der Waals surface area contributed by atoms with Crippen LogP contribution in [-0.4, -0.2) is 62.7 Å². The fraction of sp³-hybridized carbons (Fsp3) is 0.818. The summed E-state index contributed by atoms with van der Waals surface area (Å²) >= 11 is 0. The Morgan fingerprint density at radius 2 is 1.87 bits per heavy atom. The zero-order valence-corrected chi connectivity index (χ0v) is 12.2. The van der Waals surface area contributed by atoms with E-state index in [4.69, 9.17) is 4.74 Å². The first-order chi connectivity index (χ1) is 6.96. The molecule has 0 aliphatic carbocycles. The van der Waals surface area contributed by atoms with Gasteiger partial charge in [0.05, 0.1) is 12.6 Å². The van der Waals surface area contributed by atoms with Crippen LogP contribution in [0, 0.1) is 0 Å². The van der Waals surface area contributed by atoms with Crippen molar-refractivity contribution < 1.29 is 4.74 Å². The SMILES string of the molecule is C=[P+](C)C(OC)(C1CCCN1C)[P+](=C)C. The fourth-order valence-electron chi connectivity index (χ4n) is 2.63. The van der Waals surface area contributed by atoms with E-state index >= 15 is 0 Å². The third-order valence-corrected chi connectivity index (χ3v) is 8.55. The lowest BCUT2D eigenvalue weighted by atomic mass is 10.2. The fourth-order valence-corrected chi connectivity index (χ4v) is 7.26. The molecule has 2 nitrogen and oxygen atoms in total. The number of hydrogen-bond donors (Lipinski definition) is 0. The smallest absolute Gasteiger partial charge is 0.302 e. The van der Waals surface area contributed by atoms with E-state index in [2.05, 4.69) is 37.9 Å². The molecule has 4 heteroatoms. The molecule has 86 valence electrons. The van der Waals surface area contributed by atoms with Crippen molar-refractivity contribution in [3.8, 4) is 0 Å². The largest absolute Gasteiger partial charge is 0.386 e. The van der Waals surface area contributed by atoms with Crippen LogP contribution in [-0.2, 0) is 4.74 Å². The molecule has 0 bridgehead atoms. The number of ether oxygens (including phenoxy) is 1. The van der Waals surface area contributed by atoms with Crippen LogP contribution >= 0.6 is 15.1 Å². The van der Waals surface area contributed by atoms with E-state index in [-0.39, 0.29) is 20.2 Å². The lowest BCUT2D eigenvalue weighted by Gasteiger charge is -2.28. The van der Waals surface area contributed by atoms with Crippen LogP contribution in [0.4, 0.5) is 0 Å². The van der Waals surface area contributed by atoms with Gasteiger partial charge in [0.2, 0.25) is 0 Å². The molecule has 1 heterocycles. The van der Waals surface area contributed by atoms with Gasteiger partial charge in [-0.15, -0.1) is 0 Å². The Labute approximate surface area is 95.8 Å². The van der Waals surface area contributed by atoms with Crippen molar-refractivity contribution in [2.75, 3.05) is 34.0 Å². The molecule has 1 aliphatic rings. The number of likely N-dealkylation sites (N-methyl/N-ethyl adjacent to an activating group) is 1. The van der Waals surface area contributed by atoms with E-state index < -0.39 is 0 Å². The van der Waals surface area contributed by atoms with Gasteiger partial charge in [-0.05, 0) is 26.4 Å². The lowest BCUT2D eigenvalue weighted by molar-refractivity contribution is 0.0716. The zero-order chi connectivity index (χ0) is 11.6. The molecule has 1 aliphatic heterocycles. The summed E-state index contributed by atoms with van der Waals surface area (Å²) in [6.07, 6.45) is 11.1. The molecule has 1 fully saturated rings. The summed E-state index contributed by atoms with van der Waals surface area (Å²) in [5.74, 6) is 0. The maximum atomic E-state index is 5.91. The maximum Gasteiger partial charge on any atom is 0.386 e. The molecule has 0 radical (unpaired) electrons. The zero-order valence-electron chi connectivity index (χ0n) is 10.4. The molecule has 0 saturated carbocycles. The molecule has 0 aromatic rings. The summed E-state index contributed by atoms with van der Waals surface area (Å²) in [4.78, 5) is 2.43. The van der Waals surface area contributed by atoms with Crippen molar-refractivity contribution in [2.24, 2.45) is 0 Å². The predicted molar refractivity (Wildman–Crippen MR) is 75.3 cm³/mol. The molecule has 1 saturated heterocycles. The third kappa shape index (κ3) is 2.19. The van der Waals surface area contributed by atoms with Gasteiger partial charge in [0, 0.05) is 7.11 Å². The monoisotopic (exact) mass is 247 g/mol. The minimum absolute atomic E-state index is 0.0735. The van der Waals surface area contributed by atoms with E-state index in [1.807, 2.05) is 7.11 Å². The highest BCUT2D eigenvalue weighted by Gasteiger charge is 2.60. The standard InChI is InChI=1S/C11H23NOP2/c1-12-9-7-8-10(12)11(13-2,14(3)4)15(5)6/h10H,3,5,7-9H2,1-2,4,6H3/q+2. The lowest BCUT2D eigenvalue weighted by Crippen LogP contribution is -2.44. The summed E-state index contributed by atoms with van der Waals surface area (Å²) in [5, 5.41) is -0.0735. The number of nitrogens with zero attached hydrogens (tertiary/aromatic N) is 1. The summed E-state index contributed by atoms with van der Waals surface area (Å²) in [7, 11) is 3.29. The Morgan fingerprint density at radius 3 is 2.13 bits per heavy atom. The van der Waals surface area contributed by atoms with Crippen molar-refractivity contribution in [2.45, 2.75) is 24.0 Å². The number of hydrogen-bond acceptors (Lipinski definition) is 2. The Hall–Kier alpha value is 0.260. The molecule has 3 atom stereocenters. The number of likely N-dealkylation sites (tertiary alicyclic amines) is 1. The minimum Gasteiger partial charge on any atom is -0.302 e. The quantitative estimate of drug-likeness (QED) is 0.708. The Morgan fingerprint density at radius 1 is 1.33 bits per heavy atom. The topological polar surface area (TPSA) is 12.5 Å². The average Bonchev–Trinajstić information content (AvgIpc) is 2.53. The van der Waals surface area contributed by atoms with Gasteiger partial charge in [0.15, 0.2) is 15.1 Å². The highest BCUT2D eigenvalue weighted by atomic mass is 31.2. The molecule has 0 aromatic carbocycles. The Bertz CT molecular complexity index is 264. The second-order valence-corrected chi connectivity index (χ2v) is 8.87. The van der Waals surface area contributed by atoms with Crippen molar-refractivity contribution in [1.29, 1.82) is 0 Å². The van der Waals surface area contributed by atoms with Gasteiger partial charge in [0.25, 0.3) is 0 Å². The van der Waals surface area contributed by atoms with Crippen molar-refractivity contribution >= 4 is 27.7 Å². The molecular weight excluding hydrogens is 224 g/mol. The number of rotatable bonds is 4. The van der Waals surface area contributed by atoms with Crippen molar-refractivity contribution in [3.05, 3.63) is 0 Å². The third-order valence-electron chi connectivity index (χ3n) is 3.35. The van der Waals surface area contributed by atoms with Gasteiger partial charge < -0.3 is 4.74 Å². The number of methoxy groups -OCH3 is 1. The summed E-state index contributed by atoms with van der Waals surface area (Å²) in [6.45, 7) is 5.62. The first kappa shape index (κ1) is 13.3. The first-order valence-electron chi connectivity index (χ1n) is 5.31. The van der Waals surface area contributed by atoms with E-state index in [0.29, 0.717) is 6.04 Å². The molecule has 15 heavy (non-hydrogen) atoms. The van der Waals surface area contributed by atoms with Crippen molar-refractivity contribution in [1.82, 2.24) is 4.90 Å². The second-order valence-electron chi connectivity index (χ2n) is 4.40. The minimum atomic E-state index is -0.373. The van der Waals surface area contributed by atoms with Gasteiger partial charge in [0.1, 0.15) is 19.4 Å². The predicted octanol–water partition coefficient (Wildman–Crippen LogP) is 2.47. The first-order valence-corrected chi connectivity index (χ1v) is 9.25. The highest BCUT2D eigenvalue weighted by molar-refractivity contribution is 7.74. The van der Waals surface area contributed by atoms with Crippen LogP contribution in [0.1, 0.15) is 12.8 Å². The molecule has 0 amide bonds. The second kappa shape index (κ2) is 5.06. The van der Waals surface area contributed by atoms with E-state index in [1.165, 1.54) is 19.4 Å². The van der Waals surface area contributed by atoms with Crippen molar-refractivity contribution in [3.63, 3.8) is 0 Å². The van der Waals surface area contributed by atoms with E-state index in [1.54, 1.807) is 0 Å². The summed E-state index contributed by atoms with van der Waals surface area (Å²) in [5.41, 5.74) is 0. The average molecular weight is 247 g/mol. The van der Waals surface area contributed by atoms with Crippen LogP contribution < -0.4 is 0 Å². The van der Waals surface area contributed by atoms with Gasteiger partial charge in [-0.25, -0.2) is 0 Å². The van der Waals surface area contributed by atoms with Crippen LogP contribution in [0.2, 0.25) is 0 Å². The molecule has 0 spiro atoms. The van der Waals surface area contributed by atoms with Gasteiger partial charge >= 0.3 is 5.08 Å². The van der Waals surface area contributed by atoms with Crippen LogP contribution in [0.5, 0.6) is 0 Å². The van der Waals surface area contributed by atoms with Gasteiger partial charge in [-0.2, -0.15) is 0 Å². The van der Waals surface area contributed by atoms with Crippen LogP contribution in [0.15, 0.2) is 0 Å². The highest BCUT2D eigenvalue weighted by Crippen LogP contribution is 2.57. The van der Waals surface area contributed by atoms with E-state index in [9.17, 15) is 0 Å². The van der Waals surface area contributed by atoms with Gasteiger partial charge in [-0.1, -0.05) is 0 Å². The summed E-state index contributed by atoms with van der Waals surface area (Å²) in [6, 6.07) is 0.518. The van der Waals surface area contributed by atoms with E-state index in [0.717, 1.165) is 0 Å². The maximum absolute atomic E-state index is 5.91.